The molecule has 2 heterocycles. The molecular formula is C19H26N4O3. The molecule has 140 valence electrons. The van der Waals surface area contributed by atoms with Crippen LogP contribution in [0.15, 0.2) is 36.5 Å². The predicted octanol–water partition coefficient (Wildman–Crippen LogP) is 1.76. The normalized spacial score (nSPS) is 17.0. The predicted molar refractivity (Wildman–Crippen MR) is 98.4 cm³/mol. The molecule has 0 spiro atoms. The first kappa shape index (κ1) is 18.4. The van der Waals surface area contributed by atoms with Crippen LogP contribution in [-0.2, 0) is 11.3 Å². The second kappa shape index (κ2) is 9.35. The van der Waals surface area contributed by atoms with E-state index >= 15 is 0 Å². The number of amides is 1. The Morgan fingerprint density at radius 3 is 2.92 bits per heavy atom. The molecule has 7 nitrogen and oxygen atoms in total. The van der Waals surface area contributed by atoms with Crippen LogP contribution < -0.4 is 15.4 Å². The molecule has 3 rings (SSSR count). The Bertz CT molecular complexity index is 693. The van der Waals surface area contributed by atoms with Gasteiger partial charge in [-0.2, -0.15) is 5.10 Å². The maximum atomic E-state index is 12.2. The van der Waals surface area contributed by atoms with E-state index in [2.05, 4.69) is 15.7 Å². The van der Waals surface area contributed by atoms with Crippen LogP contribution in [0.5, 0.6) is 5.75 Å². The average molecular weight is 358 g/mol. The summed E-state index contributed by atoms with van der Waals surface area (Å²) in [6.07, 6.45) is 4.11. The number of rotatable bonds is 8. The van der Waals surface area contributed by atoms with E-state index in [0.717, 1.165) is 37.2 Å². The van der Waals surface area contributed by atoms with E-state index in [1.807, 2.05) is 35.1 Å². The first-order valence-corrected chi connectivity index (χ1v) is 9.01. The highest BCUT2D eigenvalue weighted by Crippen LogP contribution is 2.15. The summed E-state index contributed by atoms with van der Waals surface area (Å²) in [6, 6.07) is 9.83. The highest BCUT2D eigenvalue weighted by atomic mass is 16.5. The zero-order valence-electron chi connectivity index (χ0n) is 15.1. The van der Waals surface area contributed by atoms with E-state index in [9.17, 15) is 4.79 Å². The Labute approximate surface area is 153 Å². The van der Waals surface area contributed by atoms with E-state index in [-0.39, 0.29) is 5.91 Å². The zero-order chi connectivity index (χ0) is 18.2. The summed E-state index contributed by atoms with van der Waals surface area (Å²) in [7, 11) is 1.64. The summed E-state index contributed by atoms with van der Waals surface area (Å²) >= 11 is 0. The van der Waals surface area contributed by atoms with Gasteiger partial charge in [-0.15, -0.1) is 0 Å². The minimum Gasteiger partial charge on any atom is -0.497 e. The molecule has 0 aliphatic carbocycles. The quantitative estimate of drug-likeness (QED) is 0.703. The fraction of sp³-hybridized carbons (Fsp3) is 0.474. The SMILES string of the molecule is COc1ccc(COCCNC(=O)c2ccn(C3CCCNC3)n2)cc1. The Kier molecular flexibility index (Phi) is 6.62. The molecule has 1 aromatic heterocycles. The lowest BCUT2D eigenvalue weighted by atomic mass is 10.1. The van der Waals surface area contributed by atoms with Gasteiger partial charge in [0.05, 0.1) is 26.4 Å². The summed E-state index contributed by atoms with van der Waals surface area (Å²) in [5.41, 5.74) is 1.52. The lowest BCUT2D eigenvalue weighted by molar-refractivity contribution is 0.0895. The molecule has 0 saturated carbocycles. The van der Waals surface area contributed by atoms with Gasteiger partial charge >= 0.3 is 0 Å². The lowest BCUT2D eigenvalue weighted by Gasteiger charge is -2.22. The maximum absolute atomic E-state index is 12.2. The van der Waals surface area contributed by atoms with Crippen molar-refractivity contribution in [3.8, 4) is 5.75 Å². The second-order valence-corrected chi connectivity index (χ2v) is 6.34. The van der Waals surface area contributed by atoms with Crippen LogP contribution in [0, 0.1) is 0 Å². The molecule has 1 aliphatic rings. The third kappa shape index (κ3) is 5.06. The molecule has 2 N–H and O–H groups in total. The van der Waals surface area contributed by atoms with Crippen LogP contribution in [0.2, 0.25) is 0 Å². The second-order valence-electron chi connectivity index (χ2n) is 6.34. The molecule has 1 atom stereocenters. The molecule has 1 unspecified atom stereocenters. The number of methoxy groups -OCH3 is 1. The monoisotopic (exact) mass is 358 g/mol. The number of benzene rings is 1. The van der Waals surface area contributed by atoms with Crippen LogP contribution in [0.1, 0.15) is 34.9 Å². The van der Waals surface area contributed by atoms with Crippen LogP contribution in [-0.4, -0.2) is 49.0 Å². The lowest BCUT2D eigenvalue weighted by Crippen LogP contribution is -2.32. The number of carbonyl (C=O) groups is 1. The van der Waals surface area contributed by atoms with E-state index in [0.29, 0.717) is 31.5 Å². The summed E-state index contributed by atoms with van der Waals surface area (Å²) in [5, 5.41) is 10.6. The molecule has 1 amide bonds. The number of hydrogen-bond donors (Lipinski definition) is 2. The smallest absolute Gasteiger partial charge is 0.271 e. The van der Waals surface area contributed by atoms with E-state index < -0.39 is 0 Å². The standard InChI is InChI=1S/C19H26N4O3/c1-25-17-6-4-15(5-7-17)14-26-12-10-21-19(24)18-8-11-23(22-18)16-3-2-9-20-13-16/h4-8,11,16,20H,2-3,9-10,12-14H2,1H3,(H,21,24). The zero-order valence-corrected chi connectivity index (χ0v) is 15.1. The first-order chi connectivity index (χ1) is 12.8. The van der Waals surface area contributed by atoms with E-state index in [4.69, 9.17) is 9.47 Å². The highest BCUT2D eigenvalue weighted by Gasteiger charge is 2.17. The van der Waals surface area contributed by atoms with Gasteiger partial charge in [-0.05, 0) is 43.1 Å². The molecular weight excluding hydrogens is 332 g/mol. The van der Waals surface area contributed by atoms with Gasteiger partial charge in [-0.3, -0.25) is 9.48 Å². The number of nitrogens with zero attached hydrogens (tertiary/aromatic N) is 2. The minimum atomic E-state index is -0.166. The van der Waals surface area contributed by atoms with Gasteiger partial charge in [0.1, 0.15) is 11.4 Å². The summed E-state index contributed by atoms with van der Waals surface area (Å²) in [5.74, 6) is 0.657. The van der Waals surface area contributed by atoms with Crippen LogP contribution in [0.3, 0.4) is 0 Å². The Balaban J connectivity index is 1.36. The number of aromatic nitrogens is 2. The topological polar surface area (TPSA) is 77.4 Å². The van der Waals surface area contributed by atoms with Gasteiger partial charge in [0.15, 0.2) is 0 Å². The van der Waals surface area contributed by atoms with Gasteiger partial charge in [0.25, 0.3) is 5.91 Å². The molecule has 0 bridgehead atoms. The molecule has 2 aromatic rings. The van der Waals surface area contributed by atoms with Gasteiger partial charge in [0, 0.05) is 19.3 Å². The van der Waals surface area contributed by atoms with Gasteiger partial charge < -0.3 is 20.1 Å². The summed E-state index contributed by atoms with van der Waals surface area (Å²) < 4.78 is 12.6. The summed E-state index contributed by atoms with van der Waals surface area (Å²) in [6.45, 7) is 3.37. The van der Waals surface area contributed by atoms with Crippen LogP contribution in [0.25, 0.3) is 0 Å². The maximum Gasteiger partial charge on any atom is 0.271 e. The van der Waals surface area contributed by atoms with Gasteiger partial charge in [0.2, 0.25) is 0 Å². The van der Waals surface area contributed by atoms with Crippen molar-refractivity contribution in [3.63, 3.8) is 0 Å². The minimum absolute atomic E-state index is 0.166. The largest absolute Gasteiger partial charge is 0.497 e. The molecule has 0 radical (unpaired) electrons. The molecule has 1 fully saturated rings. The number of ether oxygens (including phenoxy) is 2. The van der Waals surface area contributed by atoms with Crippen LogP contribution in [0.4, 0.5) is 0 Å². The molecule has 1 aliphatic heterocycles. The fourth-order valence-corrected chi connectivity index (χ4v) is 2.96. The first-order valence-electron chi connectivity index (χ1n) is 9.01. The number of carbonyl (C=O) groups excluding carboxylic acids is 1. The Hall–Kier alpha value is -2.38. The van der Waals surface area contributed by atoms with Crippen molar-refractivity contribution >= 4 is 5.91 Å². The Morgan fingerprint density at radius 2 is 2.19 bits per heavy atom. The van der Waals surface area contributed by atoms with Crippen molar-refractivity contribution in [2.24, 2.45) is 0 Å². The molecule has 26 heavy (non-hydrogen) atoms. The molecule has 1 aromatic carbocycles. The van der Waals surface area contributed by atoms with Crippen molar-refractivity contribution in [3.05, 3.63) is 47.8 Å². The van der Waals surface area contributed by atoms with Crippen molar-refractivity contribution < 1.29 is 14.3 Å². The average Bonchev–Trinajstić information content (AvgIpc) is 3.19. The van der Waals surface area contributed by atoms with Crippen molar-refractivity contribution in [1.29, 1.82) is 0 Å². The Morgan fingerprint density at radius 1 is 1.35 bits per heavy atom. The molecule has 7 heteroatoms. The third-order valence-corrected chi connectivity index (χ3v) is 4.45. The summed E-state index contributed by atoms with van der Waals surface area (Å²) in [4.78, 5) is 12.2. The van der Waals surface area contributed by atoms with Gasteiger partial charge in [-0.25, -0.2) is 0 Å². The molecule has 1 saturated heterocycles. The third-order valence-electron chi connectivity index (χ3n) is 4.45. The number of hydrogen-bond acceptors (Lipinski definition) is 5. The number of piperidine rings is 1. The van der Waals surface area contributed by atoms with Crippen molar-refractivity contribution in [2.75, 3.05) is 33.4 Å². The van der Waals surface area contributed by atoms with Crippen molar-refractivity contribution in [2.45, 2.75) is 25.5 Å². The van der Waals surface area contributed by atoms with E-state index in [1.54, 1.807) is 13.2 Å². The fourth-order valence-electron chi connectivity index (χ4n) is 2.96. The van der Waals surface area contributed by atoms with E-state index in [1.165, 1.54) is 0 Å². The van der Waals surface area contributed by atoms with Crippen LogP contribution >= 0.6 is 0 Å². The highest BCUT2D eigenvalue weighted by molar-refractivity contribution is 5.92. The van der Waals surface area contributed by atoms with Gasteiger partial charge in [-0.1, -0.05) is 12.1 Å². The van der Waals surface area contributed by atoms with Crippen molar-refractivity contribution in [1.82, 2.24) is 20.4 Å². The number of nitrogens with one attached hydrogen (secondary N) is 2.